The SMILES string of the molecule is CC(C)C(N)=O.CN1CCOCC1. The minimum atomic E-state index is -0.241. The first-order chi connectivity index (χ1) is 6.04. The van der Waals surface area contributed by atoms with E-state index in [1.165, 1.54) is 0 Å². The molecule has 0 unspecified atom stereocenters. The third-order valence-corrected chi connectivity index (χ3v) is 1.80. The summed E-state index contributed by atoms with van der Waals surface area (Å²) < 4.78 is 5.10. The second-order valence-electron chi connectivity index (χ2n) is 3.47. The number of morpholine rings is 1. The summed E-state index contributed by atoms with van der Waals surface area (Å²) in [6, 6.07) is 0. The topological polar surface area (TPSA) is 55.6 Å². The average Bonchev–Trinajstić information content (AvgIpc) is 2.06. The van der Waals surface area contributed by atoms with E-state index in [-0.39, 0.29) is 11.8 Å². The van der Waals surface area contributed by atoms with E-state index < -0.39 is 0 Å². The molecule has 0 aliphatic carbocycles. The predicted octanol–water partition coefficient (Wildman–Crippen LogP) is 0.0761. The van der Waals surface area contributed by atoms with Gasteiger partial charge in [-0.15, -0.1) is 0 Å². The minimum Gasteiger partial charge on any atom is -0.379 e. The third kappa shape index (κ3) is 7.74. The molecule has 0 aromatic rings. The van der Waals surface area contributed by atoms with E-state index in [0.29, 0.717) is 0 Å². The van der Waals surface area contributed by atoms with Gasteiger partial charge in [-0.2, -0.15) is 0 Å². The van der Waals surface area contributed by atoms with Crippen LogP contribution in [0, 0.1) is 5.92 Å². The van der Waals surface area contributed by atoms with Gasteiger partial charge in [0.25, 0.3) is 0 Å². The number of carbonyl (C=O) groups is 1. The molecule has 1 rings (SSSR count). The van der Waals surface area contributed by atoms with E-state index >= 15 is 0 Å². The Morgan fingerprint density at radius 1 is 1.38 bits per heavy atom. The summed E-state index contributed by atoms with van der Waals surface area (Å²) >= 11 is 0. The van der Waals surface area contributed by atoms with Gasteiger partial charge in [0.2, 0.25) is 5.91 Å². The van der Waals surface area contributed by atoms with E-state index in [4.69, 9.17) is 10.5 Å². The van der Waals surface area contributed by atoms with Crippen molar-refractivity contribution in [3.05, 3.63) is 0 Å². The van der Waals surface area contributed by atoms with Gasteiger partial charge in [-0.3, -0.25) is 4.79 Å². The van der Waals surface area contributed by atoms with Gasteiger partial charge in [0.05, 0.1) is 13.2 Å². The van der Waals surface area contributed by atoms with Crippen molar-refractivity contribution in [2.24, 2.45) is 11.7 Å². The number of hydrogen-bond acceptors (Lipinski definition) is 3. The van der Waals surface area contributed by atoms with Crippen molar-refractivity contribution in [1.29, 1.82) is 0 Å². The Kier molecular flexibility index (Phi) is 6.54. The van der Waals surface area contributed by atoms with Crippen molar-refractivity contribution >= 4 is 5.91 Å². The van der Waals surface area contributed by atoms with E-state index in [1.807, 2.05) is 0 Å². The Morgan fingerprint density at radius 3 is 1.92 bits per heavy atom. The lowest BCUT2D eigenvalue weighted by atomic mass is 10.2. The Bertz CT molecular complexity index is 143. The van der Waals surface area contributed by atoms with Crippen molar-refractivity contribution in [3.63, 3.8) is 0 Å². The summed E-state index contributed by atoms with van der Waals surface area (Å²) in [5, 5.41) is 0. The molecule has 1 aliphatic rings. The predicted molar refractivity (Wildman–Crippen MR) is 52.3 cm³/mol. The highest BCUT2D eigenvalue weighted by molar-refractivity contribution is 5.75. The summed E-state index contributed by atoms with van der Waals surface area (Å²) in [6.07, 6.45) is 0. The highest BCUT2D eigenvalue weighted by Gasteiger charge is 2.02. The molecule has 0 spiro atoms. The molecule has 4 nitrogen and oxygen atoms in total. The molecule has 1 heterocycles. The number of nitrogens with two attached hydrogens (primary N) is 1. The van der Waals surface area contributed by atoms with Crippen LogP contribution in [0.25, 0.3) is 0 Å². The van der Waals surface area contributed by atoms with Crippen LogP contribution in [0.1, 0.15) is 13.8 Å². The van der Waals surface area contributed by atoms with E-state index in [2.05, 4.69) is 11.9 Å². The van der Waals surface area contributed by atoms with Crippen molar-refractivity contribution in [1.82, 2.24) is 4.90 Å². The summed E-state index contributed by atoms with van der Waals surface area (Å²) in [6.45, 7) is 7.55. The van der Waals surface area contributed by atoms with Crippen molar-refractivity contribution in [2.75, 3.05) is 33.4 Å². The van der Waals surface area contributed by atoms with Crippen LogP contribution in [-0.2, 0) is 9.53 Å². The van der Waals surface area contributed by atoms with Crippen LogP contribution in [0.4, 0.5) is 0 Å². The molecule has 1 saturated heterocycles. The van der Waals surface area contributed by atoms with Crippen LogP contribution in [-0.4, -0.2) is 44.2 Å². The fourth-order valence-corrected chi connectivity index (χ4v) is 0.655. The van der Waals surface area contributed by atoms with Crippen LogP contribution in [0.5, 0.6) is 0 Å². The van der Waals surface area contributed by atoms with Crippen LogP contribution in [0.2, 0.25) is 0 Å². The molecule has 13 heavy (non-hydrogen) atoms. The van der Waals surface area contributed by atoms with Gasteiger partial charge < -0.3 is 15.4 Å². The summed E-state index contributed by atoms with van der Waals surface area (Å²) in [5.74, 6) is -0.250. The molecule has 4 heteroatoms. The molecule has 1 fully saturated rings. The zero-order chi connectivity index (χ0) is 10.3. The largest absolute Gasteiger partial charge is 0.379 e. The molecular weight excluding hydrogens is 168 g/mol. The van der Waals surface area contributed by atoms with Crippen molar-refractivity contribution in [3.8, 4) is 0 Å². The van der Waals surface area contributed by atoms with Crippen molar-refractivity contribution in [2.45, 2.75) is 13.8 Å². The fourth-order valence-electron chi connectivity index (χ4n) is 0.655. The highest BCUT2D eigenvalue weighted by atomic mass is 16.5. The Labute approximate surface area is 80.0 Å². The normalized spacial score (nSPS) is 17.8. The maximum Gasteiger partial charge on any atom is 0.219 e. The van der Waals surface area contributed by atoms with Gasteiger partial charge >= 0.3 is 0 Å². The molecule has 0 aromatic carbocycles. The van der Waals surface area contributed by atoms with Gasteiger partial charge in [0, 0.05) is 19.0 Å². The molecule has 0 aromatic heterocycles. The quantitative estimate of drug-likeness (QED) is 0.634. The van der Waals surface area contributed by atoms with E-state index in [1.54, 1.807) is 13.8 Å². The molecule has 2 N–H and O–H groups in total. The van der Waals surface area contributed by atoms with Gasteiger partial charge in [0.1, 0.15) is 0 Å². The van der Waals surface area contributed by atoms with Gasteiger partial charge in [0.15, 0.2) is 0 Å². The number of primary amides is 1. The van der Waals surface area contributed by atoms with Crippen LogP contribution >= 0.6 is 0 Å². The lowest BCUT2D eigenvalue weighted by Crippen LogP contribution is -2.32. The number of likely N-dealkylation sites (N-methyl/N-ethyl adjacent to an activating group) is 1. The van der Waals surface area contributed by atoms with Crippen LogP contribution in [0.3, 0.4) is 0 Å². The number of hydrogen-bond donors (Lipinski definition) is 1. The third-order valence-electron chi connectivity index (χ3n) is 1.80. The Balaban J connectivity index is 0.000000226. The molecule has 78 valence electrons. The van der Waals surface area contributed by atoms with Crippen LogP contribution in [0.15, 0.2) is 0 Å². The minimum absolute atomic E-state index is 0.00926. The highest BCUT2D eigenvalue weighted by Crippen LogP contribution is 1.89. The standard InChI is InChI=1S/C5H11NO.C4H9NO/c1-6-2-4-7-5-3-6;1-3(2)4(5)6/h2-5H2,1H3;3H,1-2H3,(H2,5,6). The maximum absolute atomic E-state index is 9.92. The lowest BCUT2D eigenvalue weighted by Gasteiger charge is -2.21. The first kappa shape index (κ1) is 12.4. The number of carbonyl (C=O) groups excluding carboxylic acids is 1. The number of ether oxygens (including phenoxy) is 1. The van der Waals surface area contributed by atoms with Crippen LogP contribution < -0.4 is 5.73 Å². The number of rotatable bonds is 1. The lowest BCUT2D eigenvalue weighted by molar-refractivity contribution is -0.120. The monoisotopic (exact) mass is 188 g/mol. The smallest absolute Gasteiger partial charge is 0.219 e. The van der Waals surface area contributed by atoms with E-state index in [9.17, 15) is 4.79 Å². The maximum atomic E-state index is 9.92. The first-order valence-electron chi connectivity index (χ1n) is 4.59. The molecule has 0 radical (unpaired) electrons. The zero-order valence-corrected chi connectivity index (χ0v) is 8.75. The molecule has 1 amide bonds. The summed E-state index contributed by atoms with van der Waals surface area (Å²) in [4.78, 5) is 12.2. The second kappa shape index (κ2) is 6.86. The number of amides is 1. The Morgan fingerprint density at radius 2 is 1.77 bits per heavy atom. The molecule has 0 bridgehead atoms. The van der Waals surface area contributed by atoms with Gasteiger partial charge in [-0.05, 0) is 7.05 Å². The zero-order valence-electron chi connectivity index (χ0n) is 8.75. The van der Waals surface area contributed by atoms with Gasteiger partial charge in [-0.1, -0.05) is 13.8 Å². The molecule has 0 saturated carbocycles. The summed E-state index contributed by atoms with van der Waals surface area (Å²) in [7, 11) is 2.11. The Hall–Kier alpha value is -0.610. The average molecular weight is 188 g/mol. The summed E-state index contributed by atoms with van der Waals surface area (Å²) in [5.41, 5.74) is 4.80. The van der Waals surface area contributed by atoms with Crippen molar-refractivity contribution < 1.29 is 9.53 Å². The number of nitrogens with zero attached hydrogens (tertiary/aromatic N) is 1. The molecular formula is C9H20N2O2. The molecule has 0 atom stereocenters. The fraction of sp³-hybridized carbons (Fsp3) is 0.889. The van der Waals surface area contributed by atoms with E-state index in [0.717, 1.165) is 26.3 Å². The second-order valence-corrected chi connectivity index (χ2v) is 3.47. The molecule has 1 aliphatic heterocycles. The first-order valence-corrected chi connectivity index (χ1v) is 4.59. The van der Waals surface area contributed by atoms with Gasteiger partial charge in [-0.25, -0.2) is 0 Å².